The third-order valence-corrected chi connectivity index (χ3v) is 3.98. The third-order valence-electron chi connectivity index (χ3n) is 2.41. The maximum absolute atomic E-state index is 12.1. The zero-order chi connectivity index (χ0) is 15.4. The summed E-state index contributed by atoms with van der Waals surface area (Å²) in [5.41, 5.74) is 0.381. The molecule has 0 spiro atoms. The number of rotatable bonds is 4. The van der Waals surface area contributed by atoms with Crippen molar-refractivity contribution in [1.82, 2.24) is 4.98 Å². The number of carbonyl (C=O) groups is 2. The van der Waals surface area contributed by atoms with E-state index in [1.807, 2.05) is 0 Å². The number of halogens is 2. The molecular formula is C13H10Cl2N2O3S. The summed E-state index contributed by atoms with van der Waals surface area (Å²) in [5.74, 6) is -0.984. The third kappa shape index (κ3) is 3.72. The summed E-state index contributed by atoms with van der Waals surface area (Å²) in [6.45, 7) is 1.96. The van der Waals surface area contributed by atoms with Gasteiger partial charge in [-0.3, -0.25) is 10.1 Å². The van der Waals surface area contributed by atoms with E-state index in [4.69, 9.17) is 27.9 Å². The van der Waals surface area contributed by atoms with Crippen LogP contribution in [0.1, 0.15) is 27.8 Å². The highest BCUT2D eigenvalue weighted by Crippen LogP contribution is 2.26. The lowest BCUT2D eigenvalue weighted by Gasteiger charge is -2.05. The van der Waals surface area contributed by atoms with Gasteiger partial charge in [-0.2, -0.15) is 0 Å². The van der Waals surface area contributed by atoms with Crippen LogP contribution in [0.15, 0.2) is 23.6 Å². The molecule has 0 saturated carbocycles. The van der Waals surface area contributed by atoms with Crippen molar-refractivity contribution in [1.29, 1.82) is 0 Å². The number of thiazole rings is 1. The lowest BCUT2D eigenvalue weighted by molar-refractivity contribution is 0.0520. The van der Waals surface area contributed by atoms with Crippen molar-refractivity contribution in [3.05, 3.63) is 44.9 Å². The smallest absolute Gasteiger partial charge is 0.357 e. The van der Waals surface area contributed by atoms with E-state index in [9.17, 15) is 9.59 Å². The Labute approximate surface area is 134 Å². The number of amides is 1. The molecule has 0 atom stereocenters. The van der Waals surface area contributed by atoms with Gasteiger partial charge in [0, 0.05) is 5.38 Å². The fourth-order valence-corrected chi connectivity index (χ4v) is 2.53. The van der Waals surface area contributed by atoms with Crippen LogP contribution in [0.5, 0.6) is 0 Å². The molecule has 2 rings (SSSR count). The van der Waals surface area contributed by atoms with Gasteiger partial charge < -0.3 is 4.74 Å². The number of carbonyl (C=O) groups excluding carboxylic acids is 2. The standard InChI is InChI=1S/C13H10Cl2N2O3S/c1-2-20-12(19)9-6-21-13(16-9)17-11(18)7-4-3-5-8(14)10(7)15/h3-6H,2H2,1H3,(H,16,17,18). The van der Waals surface area contributed by atoms with Gasteiger partial charge in [-0.1, -0.05) is 29.3 Å². The van der Waals surface area contributed by atoms with Gasteiger partial charge >= 0.3 is 5.97 Å². The van der Waals surface area contributed by atoms with Crippen LogP contribution >= 0.6 is 34.5 Å². The first-order valence-electron chi connectivity index (χ1n) is 5.91. The van der Waals surface area contributed by atoms with Crippen molar-refractivity contribution < 1.29 is 14.3 Å². The second-order valence-corrected chi connectivity index (χ2v) is 5.46. The number of nitrogens with one attached hydrogen (secondary N) is 1. The molecule has 0 unspecified atom stereocenters. The second kappa shape index (κ2) is 6.89. The molecule has 1 heterocycles. The molecule has 8 heteroatoms. The van der Waals surface area contributed by atoms with Crippen LogP contribution in [-0.4, -0.2) is 23.5 Å². The average Bonchev–Trinajstić information content (AvgIpc) is 2.90. The molecular weight excluding hydrogens is 335 g/mol. The van der Waals surface area contributed by atoms with Gasteiger partial charge in [0.15, 0.2) is 10.8 Å². The van der Waals surface area contributed by atoms with E-state index >= 15 is 0 Å². The molecule has 0 aliphatic heterocycles. The second-order valence-electron chi connectivity index (χ2n) is 3.81. The summed E-state index contributed by atoms with van der Waals surface area (Å²) in [5, 5.41) is 4.80. The van der Waals surface area contributed by atoms with E-state index in [0.717, 1.165) is 11.3 Å². The summed E-state index contributed by atoms with van der Waals surface area (Å²) < 4.78 is 4.82. The summed E-state index contributed by atoms with van der Waals surface area (Å²) in [7, 11) is 0. The maximum atomic E-state index is 12.1. The van der Waals surface area contributed by atoms with E-state index in [0.29, 0.717) is 0 Å². The molecule has 0 fully saturated rings. The molecule has 2 aromatic rings. The predicted octanol–water partition coefficient (Wildman–Crippen LogP) is 3.88. The molecule has 110 valence electrons. The van der Waals surface area contributed by atoms with Crippen molar-refractivity contribution in [3.8, 4) is 0 Å². The summed E-state index contributed by atoms with van der Waals surface area (Å²) in [4.78, 5) is 27.6. The number of benzene rings is 1. The lowest BCUT2D eigenvalue weighted by atomic mass is 10.2. The molecule has 0 radical (unpaired) electrons. The largest absolute Gasteiger partial charge is 0.461 e. The minimum Gasteiger partial charge on any atom is -0.461 e. The van der Waals surface area contributed by atoms with Crippen LogP contribution in [-0.2, 0) is 4.74 Å². The average molecular weight is 345 g/mol. The number of ether oxygens (including phenoxy) is 1. The number of aromatic nitrogens is 1. The van der Waals surface area contributed by atoms with Gasteiger partial charge in [0.2, 0.25) is 0 Å². The number of hydrogen-bond acceptors (Lipinski definition) is 5. The van der Waals surface area contributed by atoms with E-state index < -0.39 is 11.9 Å². The quantitative estimate of drug-likeness (QED) is 0.854. The Bertz CT molecular complexity index is 688. The zero-order valence-electron chi connectivity index (χ0n) is 10.9. The highest BCUT2D eigenvalue weighted by atomic mass is 35.5. The molecule has 0 aliphatic carbocycles. The highest BCUT2D eigenvalue weighted by molar-refractivity contribution is 7.14. The molecule has 1 amide bonds. The topological polar surface area (TPSA) is 68.3 Å². The molecule has 0 aliphatic rings. The van der Waals surface area contributed by atoms with Crippen molar-refractivity contribution >= 4 is 51.5 Å². The Morgan fingerprint density at radius 1 is 1.38 bits per heavy atom. The minimum absolute atomic E-state index is 0.148. The van der Waals surface area contributed by atoms with Crippen molar-refractivity contribution in [2.75, 3.05) is 11.9 Å². The van der Waals surface area contributed by atoms with Crippen LogP contribution < -0.4 is 5.32 Å². The molecule has 1 aromatic carbocycles. The summed E-state index contributed by atoms with van der Waals surface area (Å²) in [6, 6.07) is 4.75. The van der Waals surface area contributed by atoms with E-state index in [-0.39, 0.29) is 33.0 Å². The minimum atomic E-state index is -0.532. The van der Waals surface area contributed by atoms with Gasteiger partial charge in [-0.05, 0) is 19.1 Å². The molecule has 21 heavy (non-hydrogen) atoms. The number of hydrogen-bond donors (Lipinski definition) is 1. The van der Waals surface area contributed by atoms with Crippen LogP contribution in [0.2, 0.25) is 10.0 Å². The number of nitrogens with zero attached hydrogens (tertiary/aromatic N) is 1. The van der Waals surface area contributed by atoms with Crippen molar-refractivity contribution in [3.63, 3.8) is 0 Å². The van der Waals surface area contributed by atoms with Crippen molar-refractivity contribution in [2.24, 2.45) is 0 Å². The van der Waals surface area contributed by atoms with Crippen molar-refractivity contribution in [2.45, 2.75) is 6.92 Å². The van der Waals surface area contributed by atoms with E-state index in [2.05, 4.69) is 10.3 Å². The van der Waals surface area contributed by atoms with Gasteiger partial charge in [-0.15, -0.1) is 11.3 Å². The van der Waals surface area contributed by atoms with Crippen LogP contribution in [0.3, 0.4) is 0 Å². The summed E-state index contributed by atoms with van der Waals surface area (Å²) >= 11 is 12.9. The fraction of sp³-hybridized carbons (Fsp3) is 0.154. The molecule has 0 saturated heterocycles. The van der Waals surface area contributed by atoms with Gasteiger partial charge in [0.25, 0.3) is 5.91 Å². The Hall–Kier alpha value is -1.63. The first kappa shape index (κ1) is 15.8. The van der Waals surface area contributed by atoms with Gasteiger partial charge in [-0.25, -0.2) is 9.78 Å². The first-order chi connectivity index (χ1) is 10.0. The Morgan fingerprint density at radius 3 is 2.86 bits per heavy atom. The normalized spacial score (nSPS) is 10.2. The monoisotopic (exact) mass is 344 g/mol. The molecule has 0 bridgehead atoms. The zero-order valence-corrected chi connectivity index (χ0v) is 13.2. The van der Waals surface area contributed by atoms with Gasteiger partial charge in [0.05, 0.1) is 22.2 Å². The maximum Gasteiger partial charge on any atom is 0.357 e. The Balaban J connectivity index is 2.13. The van der Waals surface area contributed by atoms with Gasteiger partial charge in [0.1, 0.15) is 0 Å². The first-order valence-corrected chi connectivity index (χ1v) is 7.54. The Morgan fingerprint density at radius 2 is 2.14 bits per heavy atom. The summed E-state index contributed by atoms with van der Waals surface area (Å²) in [6.07, 6.45) is 0. The van der Waals surface area contributed by atoms with E-state index in [1.54, 1.807) is 25.1 Å². The SMILES string of the molecule is CCOC(=O)c1csc(NC(=O)c2cccc(Cl)c2Cl)n1. The van der Waals surface area contributed by atoms with Crippen LogP contribution in [0.4, 0.5) is 5.13 Å². The number of esters is 1. The molecule has 1 N–H and O–H groups in total. The highest BCUT2D eigenvalue weighted by Gasteiger charge is 2.16. The number of anilines is 1. The molecule has 5 nitrogen and oxygen atoms in total. The molecule has 1 aromatic heterocycles. The fourth-order valence-electron chi connectivity index (χ4n) is 1.47. The van der Waals surface area contributed by atoms with E-state index in [1.165, 1.54) is 5.38 Å². The van der Waals surface area contributed by atoms with Crippen LogP contribution in [0, 0.1) is 0 Å². The predicted molar refractivity (Wildman–Crippen MR) is 82.5 cm³/mol. The van der Waals surface area contributed by atoms with Crippen LogP contribution in [0.25, 0.3) is 0 Å². The lowest BCUT2D eigenvalue weighted by Crippen LogP contribution is -2.13. The Kier molecular flexibility index (Phi) is 5.17.